The average molecular weight is 444 g/mol. The molecular formula is C22H22F2N4O4. The van der Waals surface area contributed by atoms with Gasteiger partial charge >= 0.3 is 6.09 Å². The average Bonchev–Trinajstić information content (AvgIpc) is 3.35. The summed E-state index contributed by atoms with van der Waals surface area (Å²) >= 11 is 0. The number of alkyl halides is 1. The van der Waals surface area contributed by atoms with Gasteiger partial charge < -0.3 is 19.2 Å². The summed E-state index contributed by atoms with van der Waals surface area (Å²) in [7, 11) is 0. The van der Waals surface area contributed by atoms with E-state index in [0.29, 0.717) is 22.5 Å². The highest BCUT2D eigenvalue weighted by Gasteiger charge is 2.32. The second kappa shape index (κ2) is 9.31. The van der Waals surface area contributed by atoms with Crippen LogP contribution in [0.15, 0.2) is 42.7 Å². The van der Waals surface area contributed by atoms with Crippen LogP contribution >= 0.6 is 0 Å². The molecule has 2 amide bonds. The van der Waals surface area contributed by atoms with E-state index in [4.69, 9.17) is 9.47 Å². The number of imidazole rings is 1. The van der Waals surface area contributed by atoms with Crippen LogP contribution in [0.2, 0.25) is 0 Å². The van der Waals surface area contributed by atoms with Crippen molar-refractivity contribution in [3.8, 4) is 11.1 Å². The largest absolute Gasteiger partial charge is 0.442 e. The molecule has 2 aromatic heterocycles. The molecule has 10 heteroatoms. The Bertz CT molecular complexity index is 1150. The molecule has 32 heavy (non-hydrogen) atoms. The van der Waals surface area contributed by atoms with Gasteiger partial charge in [0, 0.05) is 18.7 Å². The Morgan fingerprint density at radius 3 is 2.94 bits per heavy atom. The Labute approximate surface area is 182 Å². The van der Waals surface area contributed by atoms with Crippen LogP contribution < -0.4 is 10.2 Å². The summed E-state index contributed by atoms with van der Waals surface area (Å²) in [6.45, 7) is 1.48. The molecule has 1 aliphatic rings. The zero-order chi connectivity index (χ0) is 22.7. The van der Waals surface area contributed by atoms with E-state index < -0.39 is 24.7 Å². The third-order valence-electron chi connectivity index (χ3n) is 5.09. The first-order valence-electron chi connectivity index (χ1n) is 10.1. The Kier molecular flexibility index (Phi) is 6.31. The summed E-state index contributed by atoms with van der Waals surface area (Å²) in [6.07, 6.45) is 2.30. The van der Waals surface area contributed by atoms with Crippen LogP contribution in [0.1, 0.15) is 12.6 Å². The molecule has 168 valence electrons. The third kappa shape index (κ3) is 4.54. The zero-order valence-corrected chi connectivity index (χ0v) is 17.4. The van der Waals surface area contributed by atoms with Gasteiger partial charge in [0.2, 0.25) is 5.91 Å². The molecule has 0 unspecified atom stereocenters. The van der Waals surface area contributed by atoms with Crippen molar-refractivity contribution in [2.45, 2.75) is 19.6 Å². The molecule has 1 fully saturated rings. The van der Waals surface area contributed by atoms with Gasteiger partial charge in [0.15, 0.2) is 0 Å². The van der Waals surface area contributed by atoms with Gasteiger partial charge in [-0.05, 0) is 35.9 Å². The van der Waals surface area contributed by atoms with Crippen LogP contribution in [0.4, 0.5) is 19.3 Å². The molecule has 3 aromatic rings. The van der Waals surface area contributed by atoms with Gasteiger partial charge in [0.1, 0.15) is 24.2 Å². The number of hydrogen-bond acceptors (Lipinski definition) is 5. The smallest absolute Gasteiger partial charge is 0.414 e. The Morgan fingerprint density at radius 1 is 1.34 bits per heavy atom. The first kappa shape index (κ1) is 21.7. The van der Waals surface area contributed by atoms with Gasteiger partial charge in [-0.25, -0.2) is 18.6 Å². The minimum absolute atomic E-state index is 0.0153. The lowest BCUT2D eigenvalue weighted by atomic mass is 10.1. The first-order valence-corrected chi connectivity index (χ1v) is 10.1. The van der Waals surface area contributed by atoms with E-state index in [1.807, 2.05) is 0 Å². The molecule has 0 spiro atoms. The molecule has 1 N–H and O–H groups in total. The van der Waals surface area contributed by atoms with E-state index in [2.05, 4.69) is 10.3 Å². The number of carbonyl (C=O) groups excluding carboxylic acids is 2. The van der Waals surface area contributed by atoms with Gasteiger partial charge in [-0.2, -0.15) is 0 Å². The van der Waals surface area contributed by atoms with Crippen LogP contribution in [0.25, 0.3) is 16.8 Å². The number of nitrogens with one attached hydrogen (secondary N) is 1. The summed E-state index contributed by atoms with van der Waals surface area (Å²) in [6, 6.07) is 8.01. The number of anilines is 1. The number of carbonyl (C=O) groups is 2. The summed E-state index contributed by atoms with van der Waals surface area (Å²) in [5, 5.41) is 2.60. The van der Waals surface area contributed by atoms with Gasteiger partial charge in [-0.15, -0.1) is 0 Å². The van der Waals surface area contributed by atoms with Crippen LogP contribution in [0.5, 0.6) is 0 Å². The minimum atomic E-state index is -0.589. The summed E-state index contributed by atoms with van der Waals surface area (Å²) in [4.78, 5) is 28.9. The van der Waals surface area contributed by atoms with E-state index >= 15 is 0 Å². The Balaban J connectivity index is 1.51. The van der Waals surface area contributed by atoms with E-state index in [9.17, 15) is 18.4 Å². The highest BCUT2D eigenvalue weighted by atomic mass is 19.1. The number of amides is 2. The van der Waals surface area contributed by atoms with E-state index in [1.165, 1.54) is 17.9 Å². The summed E-state index contributed by atoms with van der Waals surface area (Å²) in [5.41, 5.74) is 2.72. The first-order chi connectivity index (χ1) is 15.5. The number of nitrogens with zero attached hydrogens (tertiary/aromatic N) is 3. The fraction of sp³-hybridized carbons (Fsp3) is 0.318. The SMILES string of the molecule is CC(=O)NC[C@H]1CN(c2ccc(-c3ccn4c(COCCF)cnc4c3)c(F)c2)C(=O)O1. The number of halogens is 2. The fourth-order valence-electron chi connectivity index (χ4n) is 3.54. The van der Waals surface area contributed by atoms with Gasteiger partial charge in [0.05, 0.1) is 43.9 Å². The zero-order valence-electron chi connectivity index (χ0n) is 17.4. The van der Waals surface area contributed by atoms with Crippen molar-refractivity contribution in [1.29, 1.82) is 0 Å². The molecular weight excluding hydrogens is 422 g/mol. The lowest BCUT2D eigenvalue weighted by Gasteiger charge is -2.14. The maximum absolute atomic E-state index is 15.0. The molecule has 8 nitrogen and oxygen atoms in total. The van der Waals surface area contributed by atoms with Crippen molar-refractivity contribution in [2.24, 2.45) is 0 Å². The number of pyridine rings is 1. The van der Waals surface area contributed by atoms with Crippen LogP contribution in [0, 0.1) is 5.82 Å². The molecule has 0 radical (unpaired) electrons. The monoisotopic (exact) mass is 444 g/mol. The molecule has 1 aromatic carbocycles. The highest BCUT2D eigenvalue weighted by molar-refractivity contribution is 5.90. The molecule has 0 saturated carbocycles. The standard InChI is InChI=1S/C22H22F2N4O4/c1-14(29)25-11-18-12-28(22(30)32-18)16-2-3-19(20(24)9-16)15-4-6-27-17(13-31-7-5-23)10-26-21(27)8-15/h2-4,6,8-10,18H,5,7,11-13H2,1H3,(H,25,29)/t18-/m0/s1. The van der Waals surface area contributed by atoms with E-state index in [1.54, 1.807) is 41.1 Å². The lowest BCUT2D eigenvalue weighted by Crippen LogP contribution is -2.33. The van der Waals surface area contributed by atoms with Crippen molar-refractivity contribution in [3.05, 3.63) is 54.2 Å². The van der Waals surface area contributed by atoms with Crippen molar-refractivity contribution in [1.82, 2.24) is 14.7 Å². The van der Waals surface area contributed by atoms with Crippen molar-refractivity contribution >= 4 is 23.3 Å². The number of fused-ring (bicyclic) bond motifs is 1. The van der Waals surface area contributed by atoms with Crippen LogP contribution in [-0.4, -0.2) is 53.9 Å². The van der Waals surface area contributed by atoms with Gasteiger partial charge in [-0.1, -0.05) is 0 Å². The number of benzene rings is 1. The second-order valence-electron chi connectivity index (χ2n) is 7.35. The number of hydrogen-bond donors (Lipinski definition) is 1. The Morgan fingerprint density at radius 2 is 2.19 bits per heavy atom. The molecule has 1 saturated heterocycles. The number of cyclic esters (lactones) is 1. The van der Waals surface area contributed by atoms with Crippen molar-refractivity contribution in [2.75, 3.05) is 31.3 Å². The van der Waals surface area contributed by atoms with Crippen molar-refractivity contribution in [3.63, 3.8) is 0 Å². The number of ether oxygens (including phenoxy) is 2. The summed E-state index contributed by atoms with van der Waals surface area (Å²) < 4.78 is 39.4. The second-order valence-corrected chi connectivity index (χ2v) is 7.35. The lowest BCUT2D eigenvalue weighted by molar-refractivity contribution is -0.119. The molecule has 1 aliphatic heterocycles. The maximum atomic E-state index is 15.0. The van der Waals surface area contributed by atoms with Crippen LogP contribution in [-0.2, 0) is 20.9 Å². The molecule has 4 rings (SSSR count). The number of rotatable bonds is 8. The quantitative estimate of drug-likeness (QED) is 0.540. The fourth-order valence-corrected chi connectivity index (χ4v) is 3.54. The molecule has 0 aliphatic carbocycles. The van der Waals surface area contributed by atoms with Gasteiger partial charge in [0.25, 0.3) is 0 Å². The Hall–Kier alpha value is -3.53. The van der Waals surface area contributed by atoms with Crippen LogP contribution in [0.3, 0.4) is 0 Å². The predicted molar refractivity (Wildman–Crippen MR) is 113 cm³/mol. The van der Waals surface area contributed by atoms with E-state index in [0.717, 1.165) is 5.69 Å². The topological polar surface area (TPSA) is 85.2 Å². The van der Waals surface area contributed by atoms with E-state index in [-0.39, 0.29) is 32.2 Å². The molecule has 0 bridgehead atoms. The molecule has 1 atom stereocenters. The minimum Gasteiger partial charge on any atom is -0.442 e. The van der Waals surface area contributed by atoms with Crippen molar-refractivity contribution < 1.29 is 27.8 Å². The highest BCUT2D eigenvalue weighted by Crippen LogP contribution is 2.29. The maximum Gasteiger partial charge on any atom is 0.414 e. The molecule has 3 heterocycles. The predicted octanol–water partition coefficient (Wildman–Crippen LogP) is 3.09. The normalized spacial score (nSPS) is 15.9. The number of aromatic nitrogens is 2. The van der Waals surface area contributed by atoms with Gasteiger partial charge in [-0.3, -0.25) is 9.69 Å². The summed E-state index contributed by atoms with van der Waals surface area (Å²) in [5.74, 6) is -0.716. The third-order valence-corrected chi connectivity index (χ3v) is 5.09.